The minimum absolute atomic E-state index is 0.0153. The Kier molecular flexibility index (Phi) is 7.11. The summed E-state index contributed by atoms with van der Waals surface area (Å²) in [4.78, 5) is 27.6. The second-order valence-electron chi connectivity index (χ2n) is 9.04. The summed E-state index contributed by atoms with van der Waals surface area (Å²) in [5.41, 5.74) is -4.70. The van der Waals surface area contributed by atoms with E-state index in [0.717, 1.165) is 47.6 Å². The zero-order chi connectivity index (χ0) is 26.3. The van der Waals surface area contributed by atoms with Crippen molar-refractivity contribution >= 4 is 27.5 Å². The highest BCUT2D eigenvalue weighted by molar-refractivity contribution is 7.92. The number of hydrogen-bond donors (Lipinski definition) is 1. The van der Waals surface area contributed by atoms with Crippen LogP contribution in [0, 0.1) is 0 Å². The van der Waals surface area contributed by atoms with Crippen molar-refractivity contribution in [3.63, 3.8) is 0 Å². The second kappa shape index (κ2) is 9.81. The largest absolute Gasteiger partial charge is 0.501 e. The molecule has 1 aliphatic heterocycles. The summed E-state index contributed by atoms with van der Waals surface area (Å²) in [6.45, 7) is 1.57. The topological polar surface area (TPSA) is 90.7 Å². The number of halogens is 3. The molecule has 1 saturated heterocycles. The van der Waals surface area contributed by atoms with Gasteiger partial charge in [-0.25, -0.2) is 22.7 Å². The number of urea groups is 1. The number of imide groups is 1. The molecular weight excluding hydrogens is 497 g/mol. The number of nitrogens with one attached hydrogen (secondary N) is 1. The fourth-order valence-corrected chi connectivity index (χ4v) is 5.64. The Labute approximate surface area is 207 Å². The Balaban J connectivity index is 1.58. The Hall–Kier alpha value is -2.99. The first-order chi connectivity index (χ1) is 17.0. The van der Waals surface area contributed by atoms with Crippen molar-refractivity contribution in [3.05, 3.63) is 54.4 Å². The van der Waals surface area contributed by atoms with E-state index < -0.39 is 44.4 Å². The first kappa shape index (κ1) is 26.1. The van der Waals surface area contributed by atoms with Gasteiger partial charge in [-0.3, -0.25) is 15.0 Å². The molecule has 2 heterocycles. The summed E-state index contributed by atoms with van der Waals surface area (Å²) in [6.07, 6.45) is 9.19. The lowest BCUT2D eigenvalue weighted by Gasteiger charge is -2.29. The first-order valence-corrected chi connectivity index (χ1v) is 13.2. The van der Waals surface area contributed by atoms with E-state index in [1.165, 1.54) is 24.2 Å². The van der Waals surface area contributed by atoms with Gasteiger partial charge in [0.05, 0.1) is 10.6 Å². The highest BCUT2D eigenvalue weighted by Gasteiger charge is 2.48. The third-order valence-electron chi connectivity index (χ3n) is 6.86. The fraction of sp³-hybridized carbons (Fsp3) is 0.458. The summed E-state index contributed by atoms with van der Waals surface area (Å²) in [5.74, 6) is -0.570. The van der Waals surface area contributed by atoms with Gasteiger partial charge in [0.2, 0.25) is 0 Å². The van der Waals surface area contributed by atoms with Gasteiger partial charge in [0.1, 0.15) is 12.2 Å². The van der Waals surface area contributed by atoms with Crippen molar-refractivity contribution < 1.29 is 35.7 Å². The number of alkyl halides is 3. The minimum Gasteiger partial charge on any atom is -0.296 e. The van der Waals surface area contributed by atoms with E-state index in [1.54, 1.807) is 14.0 Å². The Morgan fingerprint density at radius 1 is 1.00 bits per heavy atom. The molecular formula is C24H28F3N4O4S+. The lowest BCUT2D eigenvalue weighted by atomic mass is 9.95. The highest BCUT2D eigenvalue weighted by atomic mass is 32.2. The van der Waals surface area contributed by atoms with Gasteiger partial charge >= 0.3 is 11.5 Å². The van der Waals surface area contributed by atoms with Crippen molar-refractivity contribution in [2.75, 3.05) is 11.9 Å². The van der Waals surface area contributed by atoms with Crippen LogP contribution in [0.1, 0.15) is 56.8 Å². The van der Waals surface area contributed by atoms with Gasteiger partial charge in [0, 0.05) is 30.5 Å². The molecule has 0 spiro atoms. The van der Waals surface area contributed by atoms with Gasteiger partial charge < -0.3 is 0 Å². The van der Waals surface area contributed by atoms with Crippen molar-refractivity contribution in [3.8, 4) is 0 Å². The number of amides is 3. The molecule has 12 heteroatoms. The van der Waals surface area contributed by atoms with Gasteiger partial charge in [-0.15, -0.1) is 0 Å². The molecule has 1 saturated carbocycles. The van der Waals surface area contributed by atoms with Crippen LogP contribution >= 0.6 is 0 Å². The van der Waals surface area contributed by atoms with E-state index in [1.807, 2.05) is 24.5 Å². The SMILES string of the molecule is CNC(c1cc[n+](C2CCCCC2)cc1)N1C(=O)N(c2ccc(S(=O)(=O)C(F)(F)F)cc2)C(=O)C1C. The predicted molar refractivity (Wildman–Crippen MR) is 124 cm³/mol. The number of anilines is 1. The summed E-state index contributed by atoms with van der Waals surface area (Å²) in [7, 11) is -3.88. The number of benzene rings is 1. The lowest BCUT2D eigenvalue weighted by molar-refractivity contribution is -0.725. The number of hydrogen-bond acceptors (Lipinski definition) is 5. The molecule has 2 aromatic rings. The zero-order valence-corrected chi connectivity index (χ0v) is 20.7. The first-order valence-electron chi connectivity index (χ1n) is 11.7. The predicted octanol–water partition coefficient (Wildman–Crippen LogP) is 3.85. The van der Waals surface area contributed by atoms with Gasteiger partial charge in [-0.2, -0.15) is 13.2 Å². The van der Waals surface area contributed by atoms with Crippen LogP contribution in [-0.4, -0.2) is 43.9 Å². The molecule has 1 aromatic carbocycles. The average Bonchev–Trinajstić information content (AvgIpc) is 3.08. The molecule has 2 aliphatic rings. The van der Waals surface area contributed by atoms with Crippen LogP contribution in [0.5, 0.6) is 0 Å². The molecule has 4 rings (SSSR count). The third kappa shape index (κ3) is 4.59. The van der Waals surface area contributed by atoms with Crippen LogP contribution in [0.15, 0.2) is 53.7 Å². The molecule has 2 atom stereocenters. The number of pyridine rings is 1. The maximum Gasteiger partial charge on any atom is 0.501 e. The normalized spacial score (nSPS) is 20.8. The zero-order valence-electron chi connectivity index (χ0n) is 19.9. The van der Waals surface area contributed by atoms with E-state index in [9.17, 15) is 31.2 Å². The van der Waals surface area contributed by atoms with Crippen molar-refractivity contribution in [2.45, 2.75) is 67.7 Å². The molecule has 1 N–H and O–H groups in total. The number of sulfone groups is 1. The summed E-state index contributed by atoms with van der Waals surface area (Å²) < 4.78 is 64.0. The summed E-state index contributed by atoms with van der Waals surface area (Å²) >= 11 is 0. The number of rotatable bonds is 6. The Morgan fingerprint density at radius 3 is 2.11 bits per heavy atom. The second-order valence-corrected chi connectivity index (χ2v) is 11.0. The van der Waals surface area contributed by atoms with E-state index in [0.29, 0.717) is 6.04 Å². The molecule has 3 amide bonds. The number of nitrogens with zero attached hydrogens (tertiary/aromatic N) is 3. The maximum atomic E-state index is 13.3. The average molecular weight is 526 g/mol. The van der Waals surface area contributed by atoms with E-state index in [4.69, 9.17) is 0 Å². The monoisotopic (exact) mass is 525 g/mol. The molecule has 2 fully saturated rings. The van der Waals surface area contributed by atoms with Gasteiger partial charge in [-0.1, -0.05) is 6.42 Å². The maximum absolute atomic E-state index is 13.3. The lowest BCUT2D eigenvalue weighted by Crippen LogP contribution is -2.44. The standard InChI is InChI=1S/C24H28F3N4O4S/c1-16-22(32)31(19-8-10-20(11-9-19)36(34,35)24(25,26)27)23(33)30(16)21(28-2)17-12-14-29(15-13-17)18-6-4-3-5-7-18/h8-16,18,21,28H,3-7H2,1-2H3/q+1. The molecule has 2 unspecified atom stereocenters. The minimum atomic E-state index is -5.54. The Morgan fingerprint density at radius 2 is 1.58 bits per heavy atom. The van der Waals surface area contributed by atoms with Crippen LogP contribution in [0.25, 0.3) is 0 Å². The highest BCUT2D eigenvalue weighted by Crippen LogP contribution is 2.34. The Bertz CT molecular complexity index is 1230. The molecule has 36 heavy (non-hydrogen) atoms. The van der Waals surface area contributed by atoms with E-state index in [-0.39, 0.29) is 5.69 Å². The molecule has 194 valence electrons. The molecule has 0 radical (unpaired) electrons. The molecule has 1 aliphatic carbocycles. The van der Waals surface area contributed by atoms with Crippen molar-refractivity contribution in [1.82, 2.24) is 10.2 Å². The summed E-state index contributed by atoms with van der Waals surface area (Å²) in [5, 5.41) is 3.07. The third-order valence-corrected chi connectivity index (χ3v) is 8.36. The van der Waals surface area contributed by atoms with Crippen molar-refractivity contribution in [2.24, 2.45) is 0 Å². The van der Waals surface area contributed by atoms with Gasteiger partial charge in [-0.05, 0) is 51.1 Å². The van der Waals surface area contributed by atoms with Crippen molar-refractivity contribution in [1.29, 1.82) is 0 Å². The fourth-order valence-electron chi connectivity index (χ4n) is 4.88. The van der Waals surface area contributed by atoms with E-state index >= 15 is 0 Å². The quantitative estimate of drug-likeness (QED) is 0.457. The smallest absolute Gasteiger partial charge is 0.296 e. The number of carbonyl (C=O) groups excluding carboxylic acids is 2. The van der Waals surface area contributed by atoms with E-state index in [2.05, 4.69) is 9.88 Å². The molecule has 8 nitrogen and oxygen atoms in total. The molecule has 1 aromatic heterocycles. The van der Waals surface area contributed by atoms with Crippen LogP contribution in [0.2, 0.25) is 0 Å². The van der Waals surface area contributed by atoms with Crippen LogP contribution in [0.3, 0.4) is 0 Å². The van der Waals surface area contributed by atoms with Crippen LogP contribution in [-0.2, 0) is 14.6 Å². The van der Waals surface area contributed by atoms with Crippen LogP contribution < -0.4 is 14.8 Å². The van der Waals surface area contributed by atoms with Gasteiger partial charge in [0.25, 0.3) is 15.7 Å². The molecule has 0 bridgehead atoms. The van der Waals surface area contributed by atoms with Gasteiger partial charge in [0.15, 0.2) is 18.4 Å². The number of carbonyl (C=O) groups is 2. The summed E-state index contributed by atoms with van der Waals surface area (Å²) in [6, 6.07) is 6.24. The van der Waals surface area contributed by atoms with Crippen LogP contribution in [0.4, 0.5) is 23.7 Å². The number of aromatic nitrogens is 1.